The van der Waals surface area contributed by atoms with Gasteiger partial charge in [-0.2, -0.15) is 5.10 Å². The molecule has 2 aromatic carbocycles. The minimum Gasteiger partial charge on any atom is -0.350 e. The molecule has 1 N–H and O–H groups in total. The third-order valence-corrected chi connectivity index (χ3v) is 6.24. The molecule has 1 aliphatic carbocycles. The summed E-state index contributed by atoms with van der Waals surface area (Å²) in [7, 11) is 0. The number of fused-ring (bicyclic) bond motifs is 1. The first kappa shape index (κ1) is 20.3. The van der Waals surface area contributed by atoms with Gasteiger partial charge in [-0.3, -0.25) is 9.59 Å². The highest BCUT2D eigenvalue weighted by Crippen LogP contribution is 2.39. The number of nitrogens with zero attached hydrogens (tertiary/aromatic N) is 2. The number of aryl methyl sites for hydroxylation is 1. The lowest BCUT2D eigenvalue weighted by molar-refractivity contribution is 0.0931. The zero-order chi connectivity index (χ0) is 21.1. The highest BCUT2D eigenvalue weighted by molar-refractivity contribution is 6.04. The number of rotatable bonds is 5. The van der Waals surface area contributed by atoms with E-state index in [1.807, 2.05) is 19.1 Å². The second-order valence-electron chi connectivity index (χ2n) is 8.05. The Hall–Kier alpha value is -3.02. The predicted molar refractivity (Wildman–Crippen MR) is 115 cm³/mol. The Morgan fingerprint density at radius 3 is 2.40 bits per heavy atom. The van der Waals surface area contributed by atoms with Crippen molar-refractivity contribution < 1.29 is 9.18 Å². The van der Waals surface area contributed by atoms with Gasteiger partial charge in [0.2, 0.25) is 0 Å². The molecule has 0 aliphatic heterocycles. The van der Waals surface area contributed by atoms with E-state index < -0.39 is 0 Å². The summed E-state index contributed by atoms with van der Waals surface area (Å²) < 4.78 is 14.8. The Kier molecular flexibility index (Phi) is 5.66. The molecule has 156 valence electrons. The Balaban J connectivity index is 1.65. The average Bonchev–Trinajstić information content (AvgIpc) is 2.79. The third-order valence-electron chi connectivity index (χ3n) is 6.24. The lowest BCUT2D eigenvalue weighted by atomic mass is 9.69. The standard InChI is InChI=1S/C24H26FN3O2/c1-2-28-23(30)20-9-5-4-8-19(20)21(27-28)22(29)26-16-24(14-6-3-7-15-24)17-10-12-18(25)13-11-17/h4-5,8-13H,2-3,6-7,14-16H2,1H3,(H,26,29). The van der Waals surface area contributed by atoms with E-state index >= 15 is 0 Å². The molecule has 0 radical (unpaired) electrons. The maximum absolute atomic E-state index is 13.5. The molecule has 1 fully saturated rings. The van der Waals surface area contributed by atoms with Gasteiger partial charge in [0.05, 0.1) is 5.39 Å². The summed E-state index contributed by atoms with van der Waals surface area (Å²) in [6, 6.07) is 13.7. The second kappa shape index (κ2) is 8.38. The van der Waals surface area contributed by atoms with Crippen LogP contribution in [-0.2, 0) is 12.0 Å². The van der Waals surface area contributed by atoms with E-state index in [1.54, 1.807) is 24.3 Å². The number of hydrogen-bond donors (Lipinski definition) is 1. The number of halogens is 1. The summed E-state index contributed by atoms with van der Waals surface area (Å²) >= 11 is 0. The highest BCUT2D eigenvalue weighted by atomic mass is 19.1. The molecule has 0 atom stereocenters. The Morgan fingerprint density at radius 1 is 1.07 bits per heavy atom. The number of carbonyl (C=O) groups is 1. The topological polar surface area (TPSA) is 64.0 Å². The lowest BCUT2D eigenvalue weighted by Gasteiger charge is -2.38. The van der Waals surface area contributed by atoms with Crippen molar-refractivity contribution in [2.45, 2.75) is 51.0 Å². The van der Waals surface area contributed by atoms with E-state index in [-0.39, 0.29) is 28.4 Å². The van der Waals surface area contributed by atoms with Gasteiger partial charge in [0.15, 0.2) is 5.69 Å². The van der Waals surface area contributed by atoms with Crippen LogP contribution in [0.15, 0.2) is 53.3 Å². The normalized spacial score (nSPS) is 15.8. The summed E-state index contributed by atoms with van der Waals surface area (Å²) in [4.78, 5) is 25.7. The van der Waals surface area contributed by atoms with Gasteiger partial charge in [-0.15, -0.1) is 0 Å². The average molecular weight is 407 g/mol. The fraction of sp³-hybridized carbons (Fsp3) is 0.375. The minimum atomic E-state index is -0.291. The van der Waals surface area contributed by atoms with Crippen molar-refractivity contribution in [1.29, 1.82) is 0 Å². The summed E-state index contributed by atoms with van der Waals surface area (Å²) in [6.45, 7) is 2.68. The first-order valence-electron chi connectivity index (χ1n) is 10.6. The first-order valence-corrected chi connectivity index (χ1v) is 10.6. The van der Waals surface area contributed by atoms with E-state index in [9.17, 15) is 14.0 Å². The number of benzene rings is 2. The van der Waals surface area contributed by atoms with Crippen LogP contribution in [-0.4, -0.2) is 22.2 Å². The number of hydrogen-bond acceptors (Lipinski definition) is 3. The predicted octanol–water partition coefficient (Wildman–Crippen LogP) is 4.19. The molecule has 5 nitrogen and oxygen atoms in total. The zero-order valence-corrected chi connectivity index (χ0v) is 17.2. The van der Waals surface area contributed by atoms with E-state index in [1.165, 1.54) is 23.2 Å². The van der Waals surface area contributed by atoms with Crippen molar-refractivity contribution in [3.63, 3.8) is 0 Å². The van der Waals surface area contributed by atoms with Gasteiger partial charge in [-0.1, -0.05) is 49.6 Å². The first-order chi connectivity index (χ1) is 14.5. The molecule has 30 heavy (non-hydrogen) atoms. The van der Waals surface area contributed by atoms with Crippen LogP contribution in [0.25, 0.3) is 10.8 Å². The summed E-state index contributed by atoms with van der Waals surface area (Å²) in [5.41, 5.74) is 0.911. The Morgan fingerprint density at radius 2 is 1.73 bits per heavy atom. The van der Waals surface area contributed by atoms with E-state index in [4.69, 9.17) is 0 Å². The second-order valence-corrected chi connectivity index (χ2v) is 8.05. The van der Waals surface area contributed by atoms with Crippen LogP contribution in [0.5, 0.6) is 0 Å². The largest absolute Gasteiger partial charge is 0.350 e. The van der Waals surface area contributed by atoms with Gasteiger partial charge in [-0.25, -0.2) is 9.07 Å². The van der Waals surface area contributed by atoms with Crippen molar-refractivity contribution in [3.05, 3.63) is 76.0 Å². The summed E-state index contributed by atoms with van der Waals surface area (Å²) in [5.74, 6) is -0.549. The van der Waals surface area contributed by atoms with E-state index in [2.05, 4.69) is 10.4 Å². The van der Waals surface area contributed by atoms with Crippen LogP contribution in [0.1, 0.15) is 55.1 Å². The number of nitrogens with one attached hydrogen (secondary N) is 1. The van der Waals surface area contributed by atoms with Gasteiger partial charge in [-0.05, 0) is 43.5 Å². The van der Waals surface area contributed by atoms with E-state index in [0.717, 1.165) is 31.2 Å². The molecule has 1 amide bonds. The molecular weight excluding hydrogens is 381 g/mol. The Labute approximate surface area is 174 Å². The number of aromatic nitrogens is 2. The van der Waals surface area contributed by atoms with Crippen molar-refractivity contribution in [2.75, 3.05) is 6.54 Å². The maximum Gasteiger partial charge on any atom is 0.274 e. The van der Waals surface area contributed by atoms with Crippen molar-refractivity contribution in [1.82, 2.24) is 15.1 Å². The fourth-order valence-corrected chi connectivity index (χ4v) is 4.55. The zero-order valence-electron chi connectivity index (χ0n) is 17.2. The summed E-state index contributed by atoms with van der Waals surface area (Å²) in [5, 5.41) is 8.46. The van der Waals surface area contributed by atoms with Gasteiger partial charge in [0, 0.05) is 23.9 Å². The molecule has 0 bridgehead atoms. The molecule has 4 rings (SSSR count). The van der Waals surface area contributed by atoms with Crippen LogP contribution in [0, 0.1) is 5.82 Å². The molecule has 0 unspecified atom stereocenters. The number of carbonyl (C=O) groups excluding carboxylic acids is 1. The Bertz CT molecular complexity index is 1120. The summed E-state index contributed by atoms with van der Waals surface area (Å²) in [6.07, 6.45) is 5.22. The van der Waals surface area contributed by atoms with Crippen LogP contribution in [0.4, 0.5) is 4.39 Å². The van der Waals surface area contributed by atoms with Crippen LogP contribution >= 0.6 is 0 Å². The molecule has 0 spiro atoms. The lowest BCUT2D eigenvalue weighted by Crippen LogP contribution is -2.43. The van der Waals surface area contributed by atoms with Crippen LogP contribution < -0.4 is 10.9 Å². The maximum atomic E-state index is 13.5. The number of amides is 1. The monoisotopic (exact) mass is 407 g/mol. The molecule has 1 saturated carbocycles. The molecular formula is C24H26FN3O2. The molecule has 1 heterocycles. The van der Waals surface area contributed by atoms with Crippen molar-refractivity contribution in [2.24, 2.45) is 0 Å². The SMILES string of the molecule is CCn1nc(C(=O)NCC2(c3ccc(F)cc3)CCCCC2)c2ccccc2c1=O. The van der Waals surface area contributed by atoms with E-state index in [0.29, 0.717) is 23.9 Å². The quantitative estimate of drug-likeness (QED) is 0.690. The van der Waals surface area contributed by atoms with Crippen molar-refractivity contribution >= 4 is 16.7 Å². The van der Waals surface area contributed by atoms with Crippen LogP contribution in [0.2, 0.25) is 0 Å². The fourth-order valence-electron chi connectivity index (χ4n) is 4.55. The molecule has 0 saturated heterocycles. The van der Waals surface area contributed by atoms with Gasteiger partial charge in [0.25, 0.3) is 11.5 Å². The van der Waals surface area contributed by atoms with Gasteiger partial charge >= 0.3 is 0 Å². The highest BCUT2D eigenvalue weighted by Gasteiger charge is 2.34. The minimum absolute atomic E-state index is 0.195. The van der Waals surface area contributed by atoms with Crippen molar-refractivity contribution in [3.8, 4) is 0 Å². The van der Waals surface area contributed by atoms with Gasteiger partial charge < -0.3 is 5.32 Å². The smallest absolute Gasteiger partial charge is 0.274 e. The molecule has 6 heteroatoms. The van der Waals surface area contributed by atoms with Crippen LogP contribution in [0.3, 0.4) is 0 Å². The molecule has 3 aromatic rings. The third kappa shape index (κ3) is 3.74. The van der Waals surface area contributed by atoms with Gasteiger partial charge in [0.1, 0.15) is 5.82 Å². The molecule has 1 aromatic heterocycles. The molecule has 1 aliphatic rings.